The summed E-state index contributed by atoms with van der Waals surface area (Å²) in [6.07, 6.45) is 5.12. The van der Waals surface area contributed by atoms with Crippen LogP contribution in [0.5, 0.6) is 0 Å². The quantitative estimate of drug-likeness (QED) is 0.906. The number of para-hydroxylation sites is 1. The van der Waals surface area contributed by atoms with Gasteiger partial charge in [0.1, 0.15) is 0 Å². The van der Waals surface area contributed by atoms with Crippen LogP contribution in [0.25, 0.3) is 0 Å². The van der Waals surface area contributed by atoms with Gasteiger partial charge in [-0.1, -0.05) is 18.6 Å². The molecule has 1 heterocycles. The third-order valence-corrected chi connectivity index (χ3v) is 4.82. The van der Waals surface area contributed by atoms with E-state index >= 15 is 0 Å². The minimum atomic E-state index is -3.19. The molecule has 112 valence electrons. The first-order chi connectivity index (χ1) is 9.47. The van der Waals surface area contributed by atoms with Crippen molar-refractivity contribution in [3.63, 3.8) is 0 Å². The summed E-state index contributed by atoms with van der Waals surface area (Å²) >= 11 is 0. The fourth-order valence-electron chi connectivity index (χ4n) is 2.75. The fraction of sp³-hybridized carbons (Fsp3) is 0.600. The Morgan fingerprint density at radius 3 is 2.50 bits per heavy atom. The third kappa shape index (κ3) is 4.21. The van der Waals surface area contributed by atoms with Crippen LogP contribution in [0, 0.1) is 0 Å². The second kappa shape index (κ2) is 6.59. The maximum absolute atomic E-state index is 11.8. The Morgan fingerprint density at radius 2 is 1.85 bits per heavy atom. The smallest absolute Gasteiger partial charge is 0.177 e. The highest BCUT2D eigenvalue weighted by atomic mass is 32.2. The first kappa shape index (κ1) is 15.3. The van der Waals surface area contributed by atoms with Crippen LogP contribution in [0.15, 0.2) is 29.2 Å². The zero-order chi connectivity index (χ0) is 14.6. The predicted octanol–water partition coefficient (Wildman–Crippen LogP) is 2.38. The standard InChI is InChI=1S/C15H24N2O2S/c1-13(12-17-10-6-3-7-11-17)16-14-8-4-5-9-15(14)20(2,18)19/h4-5,8-9,13,16H,3,6-7,10-12H2,1-2H3. The number of benzene rings is 1. The maximum Gasteiger partial charge on any atom is 0.177 e. The molecule has 1 unspecified atom stereocenters. The number of anilines is 1. The Morgan fingerprint density at radius 1 is 1.20 bits per heavy atom. The van der Waals surface area contributed by atoms with Gasteiger partial charge < -0.3 is 10.2 Å². The molecule has 0 saturated carbocycles. The van der Waals surface area contributed by atoms with Crippen LogP contribution in [0.4, 0.5) is 5.69 Å². The average molecular weight is 296 g/mol. The zero-order valence-corrected chi connectivity index (χ0v) is 13.1. The minimum Gasteiger partial charge on any atom is -0.380 e. The second-order valence-electron chi connectivity index (χ2n) is 5.67. The number of sulfone groups is 1. The monoisotopic (exact) mass is 296 g/mol. The Hall–Kier alpha value is -1.07. The Labute approximate surface area is 122 Å². The molecule has 1 aliphatic heterocycles. The summed E-state index contributed by atoms with van der Waals surface area (Å²) in [6.45, 7) is 5.37. The molecule has 0 aliphatic carbocycles. The number of hydrogen-bond acceptors (Lipinski definition) is 4. The molecule has 0 spiro atoms. The highest BCUT2D eigenvalue weighted by Crippen LogP contribution is 2.21. The van der Waals surface area contributed by atoms with Gasteiger partial charge in [-0.05, 0) is 45.0 Å². The van der Waals surface area contributed by atoms with E-state index in [9.17, 15) is 8.42 Å². The first-order valence-electron chi connectivity index (χ1n) is 7.25. The number of nitrogens with one attached hydrogen (secondary N) is 1. The van der Waals surface area contributed by atoms with E-state index in [4.69, 9.17) is 0 Å². The van der Waals surface area contributed by atoms with Crippen molar-refractivity contribution >= 4 is 15.5 Å². The van der Waals surface area contributed by atoms with Crippen LogP contribution >= 0.6 is 0 Å². The number of hydrogen-bond donors (Lipinski definition) is 1. The van der Waals surface area contributed by atoms with Gasteiger partial charge in [0, 0.05) is 18.8 Å². The van der Waals surface area contributed by atoms with Crippen molar-refractivity contribution < 1.29 is 8.42 Å². The molecule has 1 atom stereocenters. The van der Waals surface area contributed by atoms with Crippen LogP contribution in [0.3, 0.4) is 0 Å². The van der Waals surface area contributed by atoms with Crippen LogP contribution in [0.1, 0.15) is 26.2 Å². The SMILES string of the molecule is CC(CN1CCCCC1)Nc1ccccc1S(C)(=O)=O. The summed E-state index contributed by atoms with van der Waals surface area (Å²) in [5, 5.41) is 3.34. The van der Waals surface area contributed by atoms with Gasteiger partial charge in [-0.3, -0.25) is 0 Å². The fourth-order valence-corrected chi connectivity index (χ4v) is 3.60. The highest BCUT2D eigenvalue weighted by Gasteiger charge is 2.16. The summed E-state index contributed by atoms with van der Waals surface area (Å²) in [6, 6.07) is 7.35. The van der Waals surface area contributed by atoms with E-state index in [1.165, 1.54) is 25.5 Å². The molecule has 0 radical (unpaired) electrons. The molecule has 2 rings (SSSR count). The van der Waals surface area contributed by atoms with E-state index in [1.807, 2.05) is 12.1 Å². The zero-order valence-electron chi connectivity index (χ0n) is 12.3. The number of rotatable bonds is 5. The molecule has 1 aromatic rings. The summed E-state index contributed by atoms with van der Waals surface area (Å²) in [5.41, 5.74) is 0.708. The van der Waals surface area contributed by atoms with Gasteiger partial charge in [0.25, 0.3) is 0 Å². The van der Waals surface area contributed by atoms with Crippen molar-refractivity contribution in [1.29, 1.82) is 0 Å². The first-order valence-corrected chi connectivity index (χ1v) is 9.14. The summed E-state index contributed by atoms with van der Waals surface area (Å²) in [7, 11) is -3.19. The number of nitrogens with zero attached hydrogens (tertiary/aromatic N) is 1. The summed E-state index contributed by atoms with van der Waals surface area (Å²) in [5.74, 6) is 0. The highest BCUT2D eigenvalue weighted by molar-refractivity contribution is 7.90. The van der Waals surface area contributed by atoms with E-state index < -0.39 is 9.84 Å². The van der Waals surface area contributed by atoms with E-state index in [-0.39, 0.29) is 6.04 Å². The lowest BCUT2D eigenvalue weighted by atomic mass is 10.1. The maximum atomic E-state index is 11.8. The largest absolute Gasteiger partial charge is 0.380 e. The van der Waals surface area contributed by atoms with Crippen LogP contribution in [-0.4, -0.2) is 45.2 Å². The van der Waals surface area contributed by atoms with Crippen molar-refractivity contribution in [3.05, 3.63) is 24.3 Å². The van der Waals surface area contributed by atoms with E-state index in [2.05, 4.69) is 17.1 Å². The van der Waals surface area contributed by atoms with Gasteiger partial charge in [0.05, 0.1) is 10.6 Å². The van der Waals surface area contributed by atoms with Gasteiger partial charge in [-0.2, -0.15) is 0 Å². The van der Waals surface area contributed by atoms with Gasteiger partial charge in [0.15, 0.2) is 9.84 Å². The van der Waals surface area contributed by atoms with Crippen molar-refractivity contribution in [2.24, 2.45) is 0 Å². The molecule has 1 N–H and O–H groups in total. The van der Waals surface area contributed by atoms with E-state index in [0.29, 0.717) is 10.6 Å². The molecular weight excluding hydrogens is 272 g/mol. The minimum absolute atomic E-state index is 0.232. The van der Waals surface area contributed by atoms with Crippen molar-refractivity contribution in [2.45, 2.75) is 37.1 Å². The molecule has 0 amide bonds. The molecule has 0 aromatic heterocycles. The molecule has 1 saturated heterocycles. The molecule has 20 heavy (non-hydrogen) atoms. The molecule has 1 aromatic carbocycles. The topological polar surface area (TPSA) is 49.4 Å². The van der Waals surface area contributed by atoms with E-state index in [1.54, 1.807) is 12.1 Å². The third-order valence-electron chi connectivity index (χ3n) is 3.67. The molecule has 5 heteroatoms. The summed E-state index contributed by atoms with van der Waals surface area (Å²) < 4.78 is 23.5. The molecule has 1 aliphatic rings. The van der Waals surface area contributed by atoms with Gasteiger partial charge >= 0.3 is 0 Å². The van der Waals surface area contributed by atoms with Crippen molar-refractivity contribution in [2.75, 3.05) is 31.2 Å². The predicted molar refractivity (Wildman–Crippen MR) is 82.9 cm³/mol. The molecular formula is C15H24N2O2S. The Kier molecular flexibility index (Phi) is 5.05. The lowest BCUT2D eigenvalue weighted by molar-refractivity contribution is 0.223. The summed E-state index contributed by atoms with van der Waals surface area (Å²) in [4.78, 5) is 2.83. The van der Waals surface area contributed by atoms with Gasteiger partial charge in [0.2, 0.25) is 0 Å². The molecule has 1 fully saturated rings. The number of likely N-dealkylation sites (tertiary alicyclic amines) is 1. The van der Waals surface area contributed by atoms with Gasteiger partial charge in [-0.15, -0.1) is 0 Å². The Balaban J connectivity index is 2.02. The normalized spacial score (nSPS) is 18.7. The second-order valence-corrected chi connectivity index (χ2v) is 7.66. The van der Waals surface area contributed by atoms with Gasteiger partial charge in [-0.25, -0.2) is 8.42 Å². The Bertz CT molecular complexity index is 537. The lowest BCUT2D eigenvalue weighted by Gasteiger charge is -2.30. The van der Waals surface area contributed by atoms with Crippen LogP contribution < -0.4 is 5.32 Å². The average Bonchev–Trinajstić information content (AvgIpc) is 2.39. The molecule has 0 bridgehead atoms. The van der Waals surface area contributed by atoms with Crippen molar-refractivity contribution in [3.8, 4) is 0 Å². The van der Waals surface area contributed by atoms with Crippen molar-refractivity contribution in [1.82, 2.24) is 4.90 Å². The van der Waals surface area contributed by atoms with E-state index in [0.717, 1.165) is 19.6 Å². The molecule has 4 nitrogen and oxygen atoms in total. The van der Waals surface area contributed by atoms with Crippen LogP contribution in [0.2, 0.25) is 0 Å². The lowest BCUT2D eigenvalue weighted by Crippen LogP contribution is -2.38. The number of piperidine rings is 1. The van der Waals surface area contributed by atoms with Crippen LogP contribution in [-0.2, 0) is 9.84 Å².